The van der Waals surface area contributed by atoms with E-state index in [1.165, 1.54) is 42.5 Å². The number of hydrogen-bond acceptors (Lipinski definition) is 5. The van der Waals surface area contributed by atoms with Crippen molar-refractivity contribution in [2.24, 2.45) is 0 Å². The third kappa shape index (κ3) is 2.73. The molecule has 4 aliphatic rings. The Labute approximate surface area is 164 Å². The second kappa shape index (κ2) is 6.45. The highest BCUT2D eigenvalue weighted by molar-refractivity contribution is 5.70. The van der Waals surface area contributed by atoms with Crippen LogP contribution in [0.2, 0.25) is 0 Å². The molecule has 0 spiro atoms. The molecular weight excluding hydrogens is 354 g/mol. The molecule has 144 valence electrons. The van der Waals surface area contributed by atoms with Crippen molar-refractivity contribution in [2.45, 2.75) is 51.1 Å². The van der Waals surface area contributed by atoms with Gasteiger partial charge in [0.15, 0.2) is 0 Å². The second-order valence-electron chi connectivity index (χ2n) is 7.98. The Morgan fingerprint density at radius 1 is 0.929 bits per heavy atom. The first-order chi connectivity index (χ1) is 13.5. The fourth-order valence-electron chi connectivity index (χ4n) is 5.39. The van der Waals surface area contributed by atoms with Crippen LogP contribution in [-0.4, -0.2) is 29.4 Å². The van der Waals surface area contributed by atoms with E-state index in [4.69, 9.17) is 9.47 Å². The van der Waals surface area contributed by atoms with Gasteiger partial charge in [-0.2, -0.15) is 0 Å². The zero-order valence-electron chi connectivity index (χ0n) is 16.1. The fourth-order valence-corrected chi connectivity index (χ4v) is 5.39. The molecule has 6 rings (SSSR count). The van der Waals surface area contributed by atoms with E-state index in [-0.39, 0.29) is 17.9 Å². The number of benzene rings is 2. The predicted octanol–water partition coefficient (Wildman–Crippen LogP) is 3.74. The van der Waals surface area contributed by atoms with Crippen molar-refractivity contribution < 1.29 is 19.1 Å². The molecular formula is C23H23NO4. The third-order valence-electron chi connectivity index (χ3n) is 6.27. The van der Waals surface area contributed by atoms with Crippen LogP contribution in [0.25, 0.3) is 0 Å². The zero-order chi connectivity index (χ0) is 19.4. The molecule has 0 amide bonds. The van der Waals surface area contributed by atoms with E-state index in [0.29, 0.717) is 23.6 Å². The number of carbonyl (C=O) groups is 2. The number of esters is 2. The Hall–Kier alpha value is -2.66. The quantitative estimate of drug-likeness (QED) is 0.589. The molecule has 0 saturated carbocycles. The monoisotopic (exact) mass is 377 g/mol. The summed E-state index contributed by atoms with van der Waals surface area (Å²) < 4.78 is 10.8. The average molecular weight is 377 g/mol. The minimum atomic E-state index is -0.307. The number of hydrogen-bond donors (Lipinski definition) is 0. The molecule has 1 saturated heterocycles. The highest BCUT2D eigenvalue weighted by Crippen LogP contribution is 2.53. The van der Waals surface area contributed by atoms with Crippen LogP contribution in [0.1, 0.15) is 60.9 Å². The molecule has 3 aliphatic heterocycles. The molecule has 28 heavy (non-hydrogen) atoms. The first-order valence-electron chi connectivity index (χ1n) is 9.90. The maximum Gasteiger partial charge on any atom is 0.308 e. The molecule has 2 aromatic carbocycles. The summed E-state index contributed by atoms with van der Waals surface area (Å²) in [7, 11) is 0. The van der Waals surface area contributed by atoms with Gasteiger partial charge in [0.1, 0.15) is 11.5 Å². The average Bonchev–Trinajstić information content (AvgIpc) is 3.02. The van der Waals surface area contributed by atoms with Crippen LogP contribution < -0.4 is 9.47 Å². The summed E-state index contributed by atoms with van der Waals surface area (Å²) in [4.78, 5) is 25.6. The van der Waals surface area contributed by atoms with Gasteiger partial charge in [-0.25, -0.2) is 0 Å². The molecule has 2 bridgehead atoms. The van der Waals surface area contributed by atoms with Gasteiger partial charge in [-0.15, -0.1) is 0 Å². The van der Waals surface area contributed by atoms with Gasteiger partial charge in [0.05, 0.1) is 0 Å². The molecule has 0 unspecified atom stereocenters. The smallest absolute Gasteiger partial charge is 0.308 e. The van der Waals surface area contributed by atoms with Gasteiger partial charge in [0, 0.05) is 31.8 Å². The van der Waals surface area contributed by atoms with Crippen LogP contribution >= 0.6 is 0 Å². The summed E-state index contributed by atoms with van der Waals surface area (Å²) in [5, 5.41) is 0. The van der Waals surface area contributed by atoms with E-state index in [1.807, 2.05) is 24.3 Å². The van der Waals surface area contributed by atoms with Crippen LogP contribution in [0.5, 0.6) is 11.5 Å². The van der Waals surface area contributed by atoms with E-state index in [0.717, 1.165) is 19.4 Å². The number of rotatable bonds is 2. The Kier molecular flexibility index (Phi) is 4.02. The summed E-state index contributed by atoms with van der Waals surface area (Å²) in [5.74, 6) is 0.772. The number of nitrogens with zero attached hydrogens (tertiary/aromatic N) is 1. The normalized spacial score (nSPS) is 24.7. The Bertz CT molecular complexity index is 983. The lowest BCUT2D eigenvalue weighted by molar-refractivity contribution is -0.132. The molecule has 3 atom stereocenters. The molecule has 1 aliphatic carbocycles. The molecule has 3 heterocycles. The first-order valence-corrected chi connectivity index (χ1v) is 9.90. The lowest BCUT2D eigenvalue weighted by Gasteiger charge is -2.41. The van der Waals surface area contributed by atoms with Crippen molar-refractivity contribution in [3.63, 3.8) is 0 Å². The van der Waals surface area contributed by atoms with Crippen molar-refractivity contribution in [3.05, 3.63) is 58.7 Å². The fraction of sp³-hybridized carbons (Fsp3) is 0.391. The third-order valence-corrected chi connectivity index (χ3v) is 6.27. The molecule has 0 aromatic heterocycles. The molecule has 1 fully saturated rings. The van der Waals surface area contributed by atoms with Gasteiger partial charge in [0.2, 0.25) is 0 Å². The Balaban J connectivity index is 1.68. The number of ether oxygens (including phenoxy) is 2. The van der Waals surface area contributed by atoms with Crippen LogP contribution in [0.4, 0.5) is 0 Å². The minimum absolute atomic E-state index is 0.192. The molecule has 0 radical (unpaired) electrons. The first kappa shape index (κ1) is 17.4. The second-order valence-corrected chi connectivity index (χ2v) is 7.98. The summed E-state index contributed by atoms with van der Waals surface area (Å²) >= 11 is 0. The predicted molar refractivity (Wildman–Crippen MR) is 104 cm³/mol. The SMILES string of the molecule is CC(=O)Oc1ccc2c(c1)[C@H]1c3cc(OC(C)=O)ccc3[C@@H](C2)N2CCC[C@@H]12. The molecule has 2 aromatic rings. The van der Waals surface area contributed by atoms with Crippen LogP contribution in [0.3, 0.4) is 0 Å². The van der Waals surface area contributed by atoms with Crippen LogP contribution in [0, 0.1) is 0 Å². The van der Waals surface area contributed by atoms with Crippen molar-refractivity contribution in [1.82, 2.24) is 4.90 Å². The number of carbonyl (C=O) groups excluding carboxylic acids is 2. The minimum Gasteiger partial charge on any atom is -0.427 e. The molecule has 0 N–H and O–H groups in total. The van der Waals surface area contributed by atoms with E-state index in [9.17, 15) is 9.59 Å². The Morgan fingerprint density at radius 3 is 2.32 bits per heavy atom. The van der Waals surface area contributed by atoms with Crippen LogP contribution in [0.15, 0.2) is 36.4 Å². The van der Waals surface area contributed by atoms with E-state index in [1.54, 1.807) is 0 Å². The van der Waals surface area contributed by atoms with Gasteiger partial charge >= 0.3 is 11.9 Å². The van der Waals surface area contributed by atoms with Crippen molar-refractivity contribution in [1.29, 1.82) is 0 Å². The summed E-state index contributed by atoms with van der Waals surface area (Å²) in [5.41, 5.74) is 5.11. The van der Waals surface area contributed by atoms with Gasteiger partial charge in [-0.05, 0) is 72.3 Å². The molecule has 5 nitrogen and oxygen atoms in total. The largest absolute Gasteiger partial charge is 0.427 e. The van der Waals surface area contributed by atoms with E-state index >= 15 is 0 Å². The van der Waals surface area contributed by atoms with Gasteiger partial charge in [-0.3, -0.25) is 14.5 Å². The highest BCUT2D eigenvalue weighted by Gasteiger charge is 2.47. The van der Waals surface area contributed by atoms with Gasteiger partial charge in [-0.1, -0.05) is 12.1 Å². The summed E-state index contributed by atoms with van der Waals surface area (Å²) in [6.45, 7) is 3.97. The topological polar surface area (TPSA) is 55.8 Å². The van der Waals surface area contributed by atoms with Crippen molar-refractivity contribution >= 4 is 11.9 Å². The summed E-state index contributed by atoms with van der Waals surface area (Å²) in [6, 6.07) is 12.9. The van der Waals surface area contributed by atoms with E-state index in [2.05, 4.69) is 17.0 Å². The zero-order valence-corrected chi connectivity index (χ0v) is 16.1. The summed E-state index contributed by atoms with van der Waals surface area (Å²) in [6.07, 6.45) is 3.29. The lowest BCUT2D eigenvalue weighted by Crippen LogP contribution is -2.41. The maximum absolute atomic E-state index is 11.5. The van der Waals surface area contributed by atoms with E-state index < -0.39 is 0 Å². The highest BCUT2D eigenvalue weighted by atomic mass is 16.5. The van der Waals surface area contributed by atoms with Gasteiger partial charge in [0.25, 0.3) is 0 Å². The maximum atomic E-state index is 11.5. The standard InChI is InChI=1S/C23H23NO4/c1-13(25)27-16-6-5-15-10-22-18-8-7-17(28-14(2)26)12-20(18)23(19(15)11-16)21-4-3-9-24(21)22/h5-8,11-12,21-23H,3-4,9-10H2,1-2H3/t21-,22+,23-/m0/s1. The van der Waals surface area contributed by atoms with Crippen molar-refractivity contribution in [3.8, 4) is 11.5 Å². The lowest BCUT2D eigenvalue weighted by atomic mass is 9.78. The van der Waals surface area contributed by atoms with Crippen LogP contribution in [-0.2, 0) is 16.0 Å². The van der Waals surface area contributed by atoms with Crippen molar-refractivity contribution in [2.75, 3.05) is 6.54 Å². The van der Waals surface area contributed by atoms with Gasteiger partial charge < -0.3 is 9.47 Å². The molecule has 5 heteroatoms. The Morgan fingerprint density at radius 2 is 1.61 bits per heavy atom.